The van der Waals surface area contributed by atoms with Crippen LogP contribution in [0.15, 0.2) is 35.1 Å². The van der Waals surface area contributed by atoms with Gasteiger partial charge in [-0.2, -0.15) is 0 Å². The number of fused-ring (bicyclic) bond motifs is 1. The number of amides is 1. The van der Waals surface area contributed by atoms with E-state index >= 15 is 0 Å². The van der Waals surface area contributed by atoms with Crippen molar-refractivity contribution in [3.63, 3.8) is 0 Å². The third-order valence-corrected chi connectivity index (χ3v) is 5.02. The van der Waals surface area contributed by atoms with E-state index in [1.165, 1.54) is 6.33 Å². The molecule has 0 spiro atoms. The first-order valence-corrected chi connectivity index (χ1v) is 10.1. The van der Waals surface area contributed by atoms with Crippen LogP contribution in [-0.2, 0) is 6.67 Å². The number of halogens is 2. The lowest BCUT2D eigenvalue weighted by Gasteiger charge is -2.12. The fourth-order valence-corrected chi connectivity index (χ4v) is 3.28. The van der Waals surface area contributed by atoms with Crippen LogP contribution in [0.5, 0.6) is 0 Å². The first kappa shape index (κ1) is 21.7. The average Bonchev–Trinajstić information content (AvgIpc) is 3.45. The van der Waals surface area contributed by atoms with Gasteiger partial charge in [-0.3, -0.25) is 4.79 Å². The van der Waals surface area contributed by atoms with Gasteiger partial charge in [0, 0.05) is 12.6 Å². The molecule has 10 nitrogen and oxygen atoms in total. The van der Waals surface area contributed by atoms with E-state index in [-0.39, 0.29) is 29.7 Å². The monoisotopic (exact) mass is 459 g/mol. The molecule has 3 heterocycles. The molecule has 12 heteroatoms. The number of aliphatic hydroxyl groups is 1. The quantitative estimate of drug-likeness (QED) is 0.315. The van der Waals surface area contributed by atoms with Crippen LogP contribution in [0.3, 0.4) is 0 Å². The summed E-state index contributed by atoms with van der Waals surface area (Å²) in [4.78, 5) is 28.1. The molecule has 0 aliphatic heterocycles. The van der Waals surface area contributed by atoms with Crippen LogP contribution in [0.2, 0.25) is 5.02 Å². The smallest absolute Gasteiger partial charge is 0.272 e. The Morgan fingerprint density at radius 3 is 2.97 bits per heavy atom. The molecule has 0 aliphatic rings. The molecule has 0 unspecified atom stereocenters. The number of nitrogens with zero attached hydrogens (tertiary/aromatic N) is 4. The van der Waals surface area contributed by atoms with Crippen LogP contribution in [0, 0.1) is 0 Å². The maximum absolute atomic E-state index is 12.9. The van der Waals surface area contributed by atoms with Crippen LogP contribution in [0.1, 0.15) is 34.7 Å². The zero-order valence-electron chi connectivity index (χ0n) is 16.9. The summed E-state index contributed by atoms with van der Waals surface area (Å²) in [6.45, 7) is 1.28. The van der Waals surface area contributed by atoms with Gasteiger partial charge in [0.15, 0.2) is 11.5 Å². The Bertz CT molecular complexity index is 1260. The molecule has 4 N–H and O–H groups in total. The number of H-pyrrole nitrogens is 1. The second-order valence-electron chi connectivity index (χ2n) is 6.92. The van der Waals surface area contributed by atoms with Gasteiger partial charge in [-0.05, 0) is 24.6 Å². The zero-order valence-corrected chi connectivity index (χ0v) is 17.6. The molecule has 1 aromatic carbocycles. The van der Waals surface area contributed by atoms with Gasteiger partial charge in [-0.25, -0.2) is 19.3 Å². The van der Waals surface area contributed by atoms with Crippen molar-refractivity contribution in [2.75, 3.05) is 18.5 Å². The SMILES string of the molecule is C[C@H](NC(=O)c1ncnc(NCCO)c1Cl)c1cc(-c2nc3ccc(CF)cc3[nH]2)on1. The summed E-state index contributed by atoms with van der Waals surface area (Å²) in [7, 11) is 0. The summed E-state index contributed by atoms with van der Waals surface area (Å²) in [5.74, 6) is 0.531. The third kappa shape index (κ3) is 4.39. The number of imidazole rings is 1. The highest BCUT2D eigenvalue weighted by Crippen LogP contribution is 2.25. The zero-order chi connectivity index (χ0) is 22.7. The Balaban J connectivity index is 1.49. The van der Waals surface area contributed by atoms with E-state index in [1.54, 1.807) is 31.2 Å². The molecule has 0 fully saturated rings. The summed E-state index contributed by atoms with van der Waals surface area (Å²) < 4.78 is 18.3. The molecule has 1 atom stereocenters. The maximum Gasteiger partial charge on any atom is 0.272 e. The van der Waals surface area contributed by atoms with Gasteiger partial charge in [0.05, 0.1) is 23.7 Å². The Kier molecular flexibility index (Phi) is 6.28. The van der Waals surface area contributed by atoms with E-state index in [1.807, 2.05) is 0 Å². The molecule has 0 bridgehead atoms. The highest BCUT2D eigenvalue weighted by atomic mass is 35.5. The van der Waals surface area contributed by atoms with Crippen LogP contribution in [0.4, 0.5) is 10.2 Å². The fourth-order valence-electron chi connectivity index (χ4n) is 3.03. The van der Waals surface area contributed by atoms with Crippen molar-refractivity contribution >= 4 is 34.4 Å². The van der Waals surface area contributed by atoms with Crippen LogP contribution < -0.4 is 10.6 Å². The molecular weight excluding hydrogens is 441 g/mol. The predicted molar refractivity (Wildman–Crippen MR) is 115 cm³/mol. The molecule has 0 saturated heterocycles. The number of hydrogen-bond acceptors (Lipinski definition) is 8. The highest BCUT2D eigenvalue weighted by molar-refractivity contribution is 6.35. The molecule has 0 saturated carbocycles. The van der Waals surface area contributed by atoms with E-state index in [0.717, 1.165) is 0 Å². The molecular formula is C20H19ClFN7O3. The second kappa shape index (κ2) is 9.28. The molecule has 166 valence electrons. The van der Waals surface area contributed by atoms with Gasteiger partial charge < -0.3 is 25.2 Å². The van der Waals surface area contributed by atoms with Crippen molar-refractivity contribution in [3.05, 3.63) is 52.6 Å². The largest absolute Gasteiger partial charge is 0.395 e. The van der Waals surface area contributed by atoms with Gasteiger partial charge in [-0.1, -0.05) is 22.8 Å². The van der Waals surface area contributed by atoms with Crippen molar-refractivity contribution in [3.8, 4) is 11.6 Å². The van der Waals surface area contributed by atoms with Gasteiger partial charge in [0.1, 0.15) is 29.5 Å². The van der Waals surface area contributed by atoms with Gasteiger partial charge in [0.25, 0.3) is 5.91 Å². The van der Waals surface area contributed by atoms with Crippen molar-refractivity contribution < 1.29 is 18.8 Å². The number of aliphatic hydroxyl groups excluding tert-OH is 1. The third-order valence-electron chi connectivity index (χ3n) is 4.66. The summed E-state index contributed by atoms with van der Waals surface area (Å²) >= 11 is 6.21. The summed E-state index contributed by atoms with van der Waals surface area (Å²) in [5.41, 5.74) is 2.33. The first-order chi connectivity index (χ1) is 15.5. The van der Waals surface area contributed by atoms with E-state index in [4.69, 9.17) is 21.2 Å². The summed E-state index contributed by atoms with van der Waals surface area (Å²) in [6.07, 6.45) is 1.20. The number of anilines is 1. The maximum atomic E-state index is 12.9. The normalized spacial score (nSPS) is 12.1. The molecule has 4 rings (SSSR count). The van der Waals surface area contributed by atoms with Crippen LogP contribution in [-0.4, -0.2) is 49.3 Å². The topological polar surface area (TPSA) is 142 Å². The van der Waals surface area contributed by atoms with E-state index in [9.17, 15) is 9.18 Å². The van der Waals surface area contributed by atoms with Crippen LogP contribution in [0.25, 0.3) is 22.6 Å². The minimum absolute atomic E-state index is 0.0152. The number of nitrogens with one attached hydrogen (secondary N) is 3. The van der Waals surface area contributed by atoms with Gasteiger partial charge in [0.2, 0.25) is 5.76 Å². The predicted octanol–water partition coefficient (Wildman–Crippen LogP) is 3.03. The molecule has 0 radical (unpaired) electrons. The molecule has 4 aromatic rings. The number of alkyl halides is 1. The highest BCUT2D eigenvalue weighted by Gasteiger charge is 2.21. The van der Waals surface area contributed by atoms with E-state index < -0.39 is 18.6 Å². The molecule has 3 aromatic heterocycles. The minimum atomic E-state index is -0.566. The number of carbonyl (C=O) groups is 1. The number of aromatic nitrogens is 5. The molecule has 0 aliphatic carbocycles. The van der Waals surface area contributed by atoms with E-state index in [2.05, 4.69) is 35.7 Å². The van der Waals surface area contributed by atoms with Gasteiger partial charge >= 0.3 is 0 Å². The Morgan fingerprint density at radius 1 is 1.34 bits per heavy atom. The molecule has 32 heavy (non-hydrogen) atoms. The first-order valence-electron chi connectivity index (χ1n) is 9.67. The number of hydrogen-bond donors (Lipinski definition) is 4. The van der Waals surface area contributed by atoms with E-state index in [0.29, 0.717) is 33.9 Å². The van der Waals surface area contributed by atoms with Crippen LogP contribution >= 0.6 is 11.6 Å². The summed E-state index contributed by atoms with van der Waals surface area (Å²) in [6, 6.07) is 6.19. The number of carbonyl (C=O) groups excluding carboxylic acids is 1. The lowest BCUT2D eigenvalue weighted by atomic mass is 10.2. The van der Waals surface area contributed by atoms with Crippen molar-refractivity contribution in [2.45, 2.75) is 19.6 Å². The second-order valence-corrected chi connectivity index (χ2v) is 7.29. The minimum Gasteiger partial charge on any atom is -0.395 e. The summed E-state index contributed by atoms with van der Waals surface area (Å²) in [5, 5.41) is 18.5. The Morgan fingerprint density at radius 2 is 2.19 bits per heavy atom. The van der Waals surface area contributed by atoms with Crippen molar-refractivity contribution in [1.29, 1.82) is 0 Å². The van der Waals surface area contributed by atoms with Crippen molar-refractivity contribution in [1.82, 2.24) is 30.4 Å². The Labute approximate surface area is 186 Å². The fraction of sp³-hybridized carbons (Fsp3) is 0.250. The van der Waals surface area contributed by atoms with Gasteiger partial charge in [-0.15, -0.1) is 0 Å². The number of benzene rings is 1. The van der Waals surface area contributed by atoms with Crippen molar-refractivity contribution in [2.24, 2.45) is 0 Å². The Hall–Kier alpha value is -3.57. The lowest BCUT2D eigenvalue weighted by Crippen LogP contribution is -2.28. The average molecular weight is 460 g/mol. The lowest BCUT2D eigenvalue weighted by molar-refractivity contribution is 0.0933. The standard InChI is InChI=1S/C20H19ClFN7O3/c1-10(26-20(31)17-16(21)19(23-4-5-30)25-9-24-17)13-7-15(32-29-13)18-27-12-3-2-11(8-22)6-14(12)28-18/h2-3,6-7,9-10,30H,4-5,8H2,1H3,(H,26,31)(H,27,28)(H,23,24,25)/t10-/m0/s1. The number of rotatable bonds is 8. The molecule has 1 amide bonds. The number of aromatic amines is 1.